The van der Waals surface area contributed by atoms with Crippen LogP contribution in [-0.2, 0) is 4.79 Å². The highest BCUT2D eigenvalue weighted by Crippen LogP contribution is 2.35. The summed E-state index contributed by atoms with van der Waals surface area (Å²) in [5.41, 5.74) is 0.117. The SMILES string of the molecule is COc1cc(NC(=O)[C@@H](CC(C)C)N(C(=O)O)C(C)(C)C)c(C#N)cc1-c1cnco1. The molecule has 2 aromatic rings. The molecule has 2 rings (SSSR count). The van der Waals surface area contributed by atoms with Crippen molar-refractivity contribution >= 4 is 17.7 Å². The first-order chi connectivity index (χ1) is 14.5. The van der Waals surface area contributed by atoms with Crippen molar-refractivity contribution in [1.82, 2.24) is 9.88 Å². The number of hydrogen-bond acceptors (Lipinski definition) is 6. The zero-order valence-electron chi connectivity index (χ0n) is 18.6. The summed E-state index contributed by atoms with van der Waals surface area (Å²) in [7, 11) is 1.46. The van der Waals surface area contributed by atoms with Crippen molar-refractivity contribution in [3.8, 4) is 23.1 Å². The van der Waals surface area contributed by atoms with Gasteiger partial charge in [-0.1, -0.05) is 13.8 Å². The van der Waals surface area contributed by atoms with Crippen LogP contribution >= 0.6 is 0 Å². The van der Waals surface area contributed by atoms with Crippen LogP contribution in [0.2, 0.25) is 0 Å². The number of carbonyl (C=O) groups excluding carboxylic acids is 1. The van der Waals surface area contributed by atoms with Crippen molar-refractivity contribution in [2.24, 2.45) is 5.92 Å². The van der Waals surface area contributed by atoms with Gasteiger partial charge >= 0.3 is 6.09 Å². The second-order valence-corrected chi connectivity index (χ2v) is 8.53. The van der Waals surface area contributed by atoms with Crippen LogP contribution in [0.3, 0.4) is 0 Å². The average molecular weight is 428 g/mol. The number of nitrogens with one attached hydrogen (secondary N) is 1. The van der Waals surface area contributed by atoms with Crippen LogP contribution in [-0.4, -0.2) is 45.7 Å². The molecule has 1 aromatic heterocycles. The van der Waals surface area contributed by atoms with Gasteiger partial charge in [-0.3, -0.25) is 9.69 Å². The van der Waals surface area contributed by atoms with Crippen molar-refractivity contribution < 1.29 is 23.8 Å². The standard InChI is InChI=1S/C22H28N4O5/c1-13(2)7-17(26(21(28)29)22(3,4)5)20(27)25-16-9-18(30-6)15(8-14(16)10-23)19-11-24-12-31-19/h8-9,11-13,17H,7H2,1-6H3,(H,25,27)(H,28,29)/t17-/m1/s1. The fourth-order valence-electron chi connectivity index (χ4n) is 3.37. The Labute approximate surface area is 181 Å². The molecule has 0 fully saturated rings. The molecule has 0 bridgehead atoms. The second-order valence-electron chi connectivity index (χ2n) is 8.53. The molecule has 1 atom stereocenters. The average Bonchev–Trinajstić information content (AvgIpc) is 3.19. The van der Waals surface area contributed by atoms with E-state index in [1.807, 2.05) is 13.8 Å². The van der Waals surface area contributed by atoms with E-state index in [1.165, 1.54) is 31.8 Å². The Bertz CT molecular complexity index is 971. The number of carbonyl (C=O) groups is 2. The van der Waals surface area contributed by atoms with E-state index in [0.717, 1.165) is 4.90 Å². The molecule has 0 saturated carbocycles. The zero-order chi connectivity index (χ0) is 23.3. The topological polar surface area (TPSA) is 129 Å². The number of oxazole rings is 1. The molecule has 2 N–H and O–H groups in total. The lowest BCUT2D eigenvalue weighted by Crippen LogP contribution is -2.56. The van der Waals surface area contributed by atoms with Gasteiger partial charge in [0, 0.05) is 11.6 Å². The van der Waals surface area contributed by atoms with Gasteiger partial charge in [0.2, 0.25) is 5.91 Å². The summed E-state index contributed by atoms with van der Waals surface area (Å²) in [4.78, 5) is 30.2. The Morgan fingerprint density at radius 3 is 2.48 bits per heavy atom. The van der Waals surface area contributed by atoms with Gasteiger partial charge in [-0.05, 0) is 39.2 Å². The van der Waals surface area contributed by atoms with Crippen LogP contribution in [0.25, 0.3) is 11.3 Å². The summed E-state index contributed by atoms with van der Waals surface area (Å²) in [6.45, 7) is 9.03. The molecule has 1 heterocycles. The maximum atomic E-state index is 13.2. The highest BCUT2D eigenvalue weighted by Gasteiger charge is 2.38. The van der Waals surface area contributed by atoms with Gasteiger partial charge in [0.25, 0.3) is 0 Å². The molecule has 9 heteroatoms. The van der Waals surface area contributed by atoms with Crippen molar-refractivity contribution in [2.45, 2.75) is 52.6 Å². The largest absolute Gasteiger partial charge is 0.496 e. The van der Waals surface area contributed by atoms with Gasteiger partial charge in [0.05, 0.1) is 30.1 Å². The van der Waals surface area contributed by atoms with E-state index in [2.05, 4.69) is 16.4 Å². The minimum Gasteiger partial charge on any atom is -0.496 e. The smallest absolute Gasteiger partial charge is 0.408 e. The first-order valence-electron chi connectivity index (χ1n) is 9.83. The number of carboxylic acid groups (broad SMARTS) is 1. The molecule has 0 unspecified atom stereocenters. The second kappa shape index (κ2) is 9.51. The fourth-order valence-corrected chi connectivity index (χ4v) is 3.37. The van der Waals surface area contributed by atoms with Crippen molar-refractivity contribution in [1.29, 1.82) is 5.26 Å². The number of amides is 2. The van der Waals surface area contributed by atoms with Gasteiger partial charge in [-0.25, -0.2) is 9.78 Å². The predicted octanol–water partition coefficient (Wildman–Crippen LogP) is 4.35. The van der Waals surface area contributed by atoms with Crippen molar-refractivity contribution in [3.63, 3.8) is 0 Å². The minimum absolute atomic E-state index is 0.0683. The summed E-state index contributed by atoms with van der Waals surface area (Å²) in [6.07, 6.45) is 1.89. The number of aromatic nitrogens is 1. The fraction of sp³-hybridized carbons (Fsp3) is 0.455. The van der Waals surface area contributed by atoms with E-state index >= 15 is 0 Å². The summed E-state index contributed by atoms with van der Waals surface area (Å²) in [5.74, 6) is 0.335. The molecule has 0 aliphatic carbocycles. The minimum atomic E-state index is -1.19. The molecule has 166 valence electrons. The maximum absolute atomic E-state index is 13.2. The number of rotatable bonds is 7. The van der Waals surface area contributed by atoms with E-state index in [0.29, 0.717) is 23.5 Å². The van der Waals surface area contributed by atoms with Crippen LogP contribution < -0.4 is 10.1 Å². The lowest BCUT2D eigenvalue weighted by Gasteiger charge is -2.39. The van der Waals surface area contributed by atoms with Crippen LogP contribution in [0.15, 0.2) is 29.1 Å². The van der Waals surface area contributed by atoms with E-state index in [4.69, 9.17) is 9.15 Å². The third-order valence-corrected chi connectivity index (χ3v) is 4.65. The Kier molecular flexibility index (Phi) is 7.28. The molecule has 31 heavy (non-hydrogen) atoms. The van der Waals surface area contributed by atoms with Crippen LogP contribution in [0.4, 0.5) is 10.5 Å². The Morgan fingerprint density at radius 1 is 1.35 bits per heavy atom. The third-order valence-electron chi connectivity index (χ3n) is 4.65. The van der Waals surface area contributed by atoms with E-state index in [1.54, 1.807) is 20.8 Å². The lowest BCUT2D eigenvalue weighted by molar-refractivity contribution is -0.123. The number of hydrogen-bond donors (Lipinski definition) is 2. The molecular weight excluding hydrogens is 400 g/mol. The maximum Gasteiger partial charge on any atom is 0.408 e. The first-order valence-corrected chi connectivity index (χ1v) is 9.83. The van der Waals surface area contributed by atoms with E-state index in [9.17, 15) is 20.0 Å². The summed E-state index contributed by atoms with van der Waals surface area (Å²) in [5, 5.41) is 22.2. The van der Waals surface area contributed by atoms with Gasteiger partial charge < -0.3 is 19.6 Å². The number of nitrogens with zero attached hydrogens (tertiary/aromatic N) is 3. The lowest BCUT2D eigenvalue weighted by atomic mass is 9.96. The molecule has 0 radical (unpaired) electrons. The first kappa shape index (κ1) is 23.7. The van der Waals surface area contributed by atoms with Crippen LogP contribution in [0.1, 0.15) is 46.6 Å². The molecule has 1 aromatic carbocycles. The quantitative estimate of drug-likeness (QED) is 0.670. The Hall–Kier alpha value is -3.54. The number of benzene rings is 1. The highest BCUT2D eigenvalue weighted by molar-refractivity contribution is 5.98. The summed E-state index contributed by atoms with van der Waals surface area (Å²) in [6, 6.07) is 4.16. The predicted molar refractivity (Wildman–Crippen MR) is 115 cm³/mol. The summed E-state index contributed by atoms with van der Waals surface area (Å²) >= 11 is 0. The van der Waals surface area contributed by atoms with Crippen LogP contribution in [0, 0.1) is 17.2 Å². The number of anilines is 1. The Morgan fingerprint density at radius 2 is 2.03 bits per heavy atom. The molecule has 0 aliphatic heterocycles. The van der Waals surface area contributed by atoms with Crippen molar-refractivity contribution in [3.05, 3.63) is 30.3 Å². The number of ether oxygens (including phenoxy) is 1. The van der Waals surface area contributed by atoms with Gasteiger partial charge in [0.1, 0.15) is 17.9 Å². The van der Waals surface area contributed by atoms with Gasteiger partial charge in [-0.2, -0.15) is 5.26 Å². The summed E-state index contributed by atoms with van der Waals surface area (Å²) < 4.78 is 10.7. The van der Waals surface area contributed by atoms with E-state index in [-0.39, 0.29) is 17.2 Å². The normalized spacial score (nSPS) is 12.2. The van der Waals surface area contributed by atoms with Crippen LogP contribution in [0.5, 0.6) is 5.75 Å². The molecule has 9 nitrogen and oxygen atoms in total. The van der Waals surface area contributed by atoms with Gasteiger partial charge in [-0.15, -0.1) is 0 Å². The van der Waals surface area contributed by atoms with Gasteiger partial charge in [0.15, 0.2) is 12.2 Å². The molecule has 0 aliphatic rings. The van der Waals surface area contributed by atoms with E-state index < -0.39 is 23.6 Å². The molecule has 0 spiro atoms. The third kappa shape index (κ3) is 5.54. The monoisotopic (exact) mass is 428 g/mol. The molecule has 2 amide bonds. The molecular formula is C22H28N4O5. The van der Waals surface area contributed by atoms with Crippen molar-refractivity contribution in [2.75, 3.05) is 12.4 Å². The number of methoxy groups -OCH3 is 1. The molecule has 0 saturated heterocycles. The Balaban J connectivity index is 2.47. The zero-order valence-corrected chi connectivity index (χ0v) is 18.6. The number of nitriles is 1. The highest BCUT2D eigenvalue weighted by atomic mass is 16.5.